The molecule has 0 aliphatic heterocycles. The van der Waals surface area contributed by atoms with Gasteiger partial charge in [0, 0.05) is 6.08 Å². The Bertz CT molecular complexity index is 490. The second-order valence-electron chi connectivity index (χ2n) is 4.41. The summed E-state index contributed by atoms with van der Waals surface area (Å²) < 4.78 is 5.09. The Labute approximate surface area is 111 Å². The molecular weight excluding hydrogens is 252 g/mol. The monoisotopic (exact) mass is 266 g/mol. The summed E-state index contributed by atoms with van der Waals surface area (Å²) in [5.74, 6) is 0.0582. The molecule has 1 aliphatic carbocycles. The third-order valence-corrected chi connectivity index (χ3v) is 3.62. The molecule has 0 saturated heterocycles. The van der Waals surface area contributed by atoms with E-state index in [2.05, 4.69) is 0 Å². The molecule has 0 unspecified atom stereocenters. The summed E-state index contributed by atoms with van der Waals surface area (Å²) in [7, 11) is 1.57. The first-order chi connectivity index (χ1) is 8.61. The number of hydrogen-bond acceptors (Lipinski definition) is 2. The van der Waals surface area contributed by atoms with Gasteiger partial charge in [-0.2, -0.15) is 0 Å². The van der Waals surface area contributed by atoms with Crippen molar-refractivity contribution in [2.75, 3.05) is 7.11 Å². The minimum Gasteiger partial charge on any atom is -0.497 e. The van der Waals surface area contributed by atoms with Gasteiger partial charge in [-0.05, 0) is 48.1 Å². The van der Waals surface area contributed by atoms with Gasteiger partial charge in [0.1, 0.15) is 5.75 Å². The van der Waals surface area contributed by atoms with Crippen LogP contribution < -0.4 is 4.74 Å². The molecule has 1 aliphatic rings. The van der Waals surface area contributed by atoms with Gasteiger partial charge in [-0.1, -0.05) is 18.0 Å². The fourth-order valence-electron chi connectivity index (χ4n) is 2.12. The maximum Gasteiger partial charge on any atom is 0.328 e. The van der Waals surface area contributed by atoms with Crippen LogP contribution in [0, 0.1) is 5.92 Å². The number of hydrogen-bond donors (Lipinski definition) is 1. The highest BCUT2D eigenvalue weighted by Crippen LogP contribution is 2.41. The number of carboxylic acids is 1. The SMILES string of the molecule is COc1ccc(/C(=C/C(=O)O)C2CCC2)c(Cl)c1. The first-order valence-electron chi connectivity index (χ1n) is 5.90. The fourth-order valence-corrected chi connectivity index (χ4v) is 2.40. The molecular formula is C14H15ClO3. The van der Waals surface area contributed by atoms with E-state index in [1.807, 2.05) is 6.07 Å². The second kappa shape index (κ2) is 5.44. The number of ether oxygens (including phenoxy) is 1. The van der Waals surface area contributed by atoms with Crippen molar-refractivity contribution in [1.82, 2.24) is 0 Å². The zero-order valence-electron chi connectivity index (χ0n) is 10.1. The Balaban J connectivity index is 2.39. The Morgan fingerprint density at radius 2 is 2.22 bits per heavy atom. The summed E-state index contributed by atoms with van der Waals surface area (Å²) in [5, 5.41) is 9.50. The largest absolute Gasteiger partial charge is 0.497 e. The van der Waals surface area contributed by atoms with E-state index in [1.165, 1.54) is 6.08 Å². The van der Waals surface area contributed by atoms with E-state index in [4.69, 9.17) is 21.4 Å². The highest BCUT2D eigenvalue weighted by molar-refractivity contribution is 6.32. The molecule has 1 saturated carbocycles. The van der Waals surface area contributed by atoms with Gasteiger partial charge < -0.3 is 9.84 Å². The third kappa shape index (κ3) is 2.67. The van der Waals surface area contributed by atoms with Crippen molar-refractivity contribution in [1.29, 1.82) is 0 Å². The van der Waals surface area contributed by atoms with Crippen molar-refractivity contribution in [3.63, 3.8) is 0 Å². The van der Waals surface area contributed by atoms with Gasteiger partial charge in [0.2, 0.25) is 0 Å². The second-order valence-corrected chi connectivity index (χ2v) is 4.82. The van der Waals surface area contributed by atoms with Gasteiger partial charge in [-0.15, -0.1) is 0 Å². The average Bonchev–Trinajstić information content (AvgIpc) is 2.25. The van der Waals surface area contributed by atoms with Gasteiger partial charge in [0.15, 0.2) is 0 Å². The molecule has 4 heteroatoms. The normalized spacial score (nSPS) is 16.2. The van der Waals surface area contributed by atoms with E-state index in [9.17, 15) is 4.79 Å². The molecule has 18 heavy (non-hydrogen) atoms. The average molecular weight is 267 g/mol. The van der Waals surface area contributed by atoms with Crippen LogP contribution in [0.4, 0.5) is 0 Å². The molecule has 0 heterocycles. The molecule has 0 amide bonds. The van der Waals surface area contributed by atoms with E-state index >= 15 is 0 Å². The van der Waals surface area contributed by atoms with Crippen molar-refractivity contribution < 1.29 is 14.6 Å². The molecule has 0 bridgehead atoms. The summed E-state index contributed by atoms with van der Waals surface area (Å²) in [6.45, 7) is 0. The summed E-state index contributed by atoms with van der Waals surface area (Å²) in [5.41, 5.74) is 1.62. The predicted octanol–water partition coefficient (Wildman–Crippen LogP) is 3.62. The number of allylic oxidation sites excluding steroid dienone is 1. The molecule has 1 fully saturated rings. The lowest BCUT2D eigenvalue weighted by atomic mass is 9.77. The van der Waals surface area contributed by atoms with Crippen LogP contribution in [0.25, 0.3) is 5.57 Å². The van der Waals surface area contributed by atoms with Crippen molar-refractivity contribution in [2.45, 2.75) is 19.3 Å². The van der Waals surface area contributed by atoms with E-state index in [0.717, 1.165) is 30.4 Å². The number of aliphatic carboxylic acids is 1. The van der Waals surface area contributed by atoms with Crippen LogP contribution in [0.5, 0.6) is 5.75 Å². The molecule has 0 radical (unpaired) electrons. The smallest absolute Gasteiger partial charge is 0.328 e. The van der Waals surface area contributed by atoms with Crippen LogP contribution in [-0.2, 0) is 4.79 Å². The first kappa shape index (κ1) is 13.0. The minimum absolute atomic E-state index is 0.312. The number of carboxylic acid groups (broad SMARTS) is 1. The highest BCUT2D eigenvalue weighted by Gasteiger charge is 2.25. The number of rotatable bonds is 4. The van der Waals surface area contributed by atoms with Crippen LogP contribution in [-0.4, -0.2) is 18.2 Å². The van der Waals surface area contributed by atoms with Crippen molar-refractivity contribution in [2.24, 2.45) is 5.92 Å². The zero-order valence-corrected chi connectivity index (χ0v) is 10.9. The van der Waals surface area contributed by atoms with Crippen LogP contribution >= 0.6 is 11.6 Å². The van der Waals surface area contributed by atoms with Gasteiger partial charge in [-0.25, -0.2) is 4.79 Å². The Kier molecular flexibility index (Phi) is 3.92. The number of halogens is 1. The lowest BCUT2D eigenvalue weighted by molar-refractivity contribution is -0.131. The maximum atomic E-state index is 10.9. The van der Waals surface area contributed by atoms with Crippen molar-refractivity contribution >= 4 is 23.1 Å². The van der Waals surface area contributed by atoms with Crippen LogP contribution in [0.3, 0.4) is 0 Å². The van der Waals surface area contributed by atoms with Crippen molar-refractivity contribution in [3.8, 4) is 5.75 Å². The fraction of sp³-hybridized carbons (Fsp3) is 0.357. The van der Waals surface area contributed by atoms with Gasteiger partial charge in [-0.3, -0.25) is 0 Å². The molecule has 96 valence electrons. The Hall–Kier alpha value is -1.48. The van der Waals surface area contributed by atoms with Gasteiger partial charge in [0.25, 0.3) is 0 Å². The summed E-state index contributed by atoms with van der Waals surface area (Å²) >= 11 is 6.20. The quantitative estimate of drug-likeness (QED) is 0.847. The standard InChI is InChI=1S/C14H15ClO3/c1-18-10-5-6-11(13(15)7-10)12(8-14(16)17)9-3-2-4-9/h5-9H,2-4H2,1H3,(H,16,17)/b12-8+. The summed E-state index contributed by atoms with van der Waals surface area (Å²) in [4.78, 5) is 10.9. The number of carbonyl (C=O) groups is 1. The zero-order chi connectivity index (χ0) is 13.1. The van der Waals surface area contributed by atoms with Crippen LogP contribution in [0.1, 0.15) is 24.8 Å². The summed E-state index contributed by atoms with van der Waals surface area (Å²) in [6, 6.07) is 5.34. The van der Waals surface area contributed by atoms with Crippen LogP contribution in [0.15, 0.2) is 24.3 Å². The first-order valence-corrected chi connectivity index (χ1v) is 6.28. The lowest BCUT2D eigenvalue weighted by Gasteiger charge is -2.28. The molecule has 0 aromatic heterocycles. The molecule has 1 N–H and O–H groups in total. The van der Waals surface area contributed by atoms with E-state index < -0.39 is 5.97 Å². The highest BCUT2D eigenvalue weighted by atomic mass is 35.5. The lowest BCUT2D eigenvalue weighted by Crippen LogP contribution is -2.14. The summed E-state index contributed by atoms with van der Waals surface area (Å²) in [6.07, 6.45) is 4.48. The number of methoxy groups -OCH3 is 1. The van der Waals surface area contributed by atoms with Crippen LogP contribution in [0.2, 0.25) is 5.02 Å². The molecule has 0 spiro atoms. The Morgan fingerprint density at radius 1 is 1.50 bits per heavy atom. The third-order valence-electron chi connectivity index (χ3n) is 3.31. The van der Waals surface area contributed by atoms with E-state index in [-0.39, 0.29) is 0 Å². The minimum atomic E-state index is -0.927. The molecule has 0 atom stereocenters. The topological polar surface area (TPSA) is 46.5 Å². The number of benzene rings is 1. The van der Waals surface area contributed by atoms with Gasteiger partial charge in [0.05, 0.1) is 12.1 Å². The van der Waals surface area contributed by atoms with Gasteiger partial charge >= 0.3 is 5.97 Å². The van der Waals surface area contributed by atoms with E-state index in [1.54, 1.807) is 19.2 Å². The molecule has 1 aromatic rings. The molecule has 2 rings (SSSR count). The van der Waals surface area contributed by atoms with Crippen molar-refractivity contribution in [3.05, 3.63) is 34.9 Å². The molecule has 1 aromatic carbocycles. The predicted molar refractivity (Wildman–Crippen MR) is 71.0 cm³/mol. The molecule has 3 nitrogen and oxygen atoms in total. The van der Waals surface area contributed by atoms with E-state index in [0.29, 0.717) is 16.7 Å². The maximum absolute atomic E-state index is 10.9. The Morgan fingerprint density at radius 3 is 2.67 bits per heavy atom.